The van der Waals surface area contributed by atoms with E-state index in [4.69, 9.17) is 15.5 Å². The molecule has 0 aliphatic carbocycles. The molecular weight excluding hydrogens is 272 g/mol. The number of nitrogens with zero attached hydrogens (tertiary/aromatic N) is 1. The van der Waals surface area contributed by atoms with Crippen LogP contribution in [0.3, 0.4) is 0 Å². The van der Waals surface area contributed by atoms with Crippen LogP contribution in [0.4, 0.5) is 0 Å². The third-order valence-electron chi connectivity index (χ3n) is 2.19. The summed E-state index contributed by atoms with van der Waals surface area (Å²) in [7, 11) is -3.77. The molecule has 1 aromatic rings. The molecule has 0 fully saturated rings. The Labute approximate surface area is 110 Å². The maximum absolute atomic E-state index is 11.6. The monoisotopic (exact) mass is 284 g/mol. The van der Waals surface area contributed by atoms with E-state index in [1.807, 2.05) is 10.8 Å². The van der Waals surface area contributed by atoms with Crippen molar-refractivity contribution in [3.05, 3.63) is 35.4 Å². The Kier molecular flexibility index (Phi) is 5.00. The van der Waals surface area contributed by atoms with E-state index in [-0.39, 0.29) is 0 Å². The zero-order chi connectivity index (χ0) is 14.5. The van der Waals surface area contributed by atoms with Crippen molar-refractivity contribution in [1.82, 2.24) is 4.72 Å². The molecule has 0 amide bonds. The Morgan fingerprint density at radius 2 is 2.16 bits per heavy atom. The van der Waals surface area contributed by atoms with E-state index in [9.17, 15) is 13.2 Å². The number of carbonyl (C=O) groups is 1. The molecule has 0 aliphatic rings. The summed E-state index contributed by atoms with van der Waals surface area (Å²) in [6.45, 7) is -0.602. The van der Waals surface area contributed by atoms with Crippen LogP contribution in [0.2, 0.25) is 0 Å². The summed E-state index contributed by atoms with van der Waals surface area (Å²) < 4.78 is 25.2. The highest BCUT2D eigenvalue weighted by atomic mass is 32.2. The van der Waals surface area contributed by atoms with E-state index in [0.717, 1.165) is 0 Å². The second-order valence-electron chi connectivity index (χ2n) is 3.77. The Hall–Kier alpha value is -1.95. The molecule has 8 heteroatoms. The summed E-state index contributed by atoms with van der Waals surface area (Å²) in [5.74, 6) is -1.90. The molecule has 0 aliphatic heterocycles. The number of hydrogen-bond acceptors (Lipinski definition) is 5. The Balaban J connectivity index is 2.69. The van der Waals surface area contributed by atoms with Crippen LogP contribution in [-0.2, 0) is 20.6 Å². The first-order chi connectivity index (χ1) is 8.84. The van der Waals surface area contributed by atoms with Gasteiger partial charge in [-0.2, -0.15) is 5.26 Å². The number of benzene rings is 1. The fraction of sp³-hybridized carbons (Fsp3) is 0.273. The third kappa shape index (κ3) is 5.05. The molecule has 1 aromatic carbocycles. The van der Waals surface area contributed by atoms with Gasteiger partial charge in [0, 0.05) is 6.54 Å². The Bertz CT molecular complexity index is 606. The maximum atomic E-state index is 11.6. The highest BCUT2D eigenvalue weighted by Gasteiger charge is 2.18. The van der Waals surface area contributed by atoms with Gasteiger partial charge in [0.1, 0.15) is 0 Å². The van der Waals surface area contributed by atoms with Crippen LogP contribution in [0.15, 0.2) is 24.3 Å². The van der Waals surface area contributed by atoms with E-state index >= 15 is 0 Å². The first kappa shape index (κ1) is 15.1. The average molecular weight is 284 g/mol. The topological polar surface area (TPSA) is 127 Å². The number of sulfonamides is 1. The van der Waals surface area contributed by atoms with Gasteiger partial charge < -0.3 is 10.2 Å². The molecule has 7 nitrogen and oxygen atoms in total. The highest BCUT2D eigenvalue weighted by molar-refractivity contribution is 7.88. The quantitative estimate of drug-likeness (QED) is 0.641. The highest BCUT2D eigenvalue weighted by Crippen LogP contribution is 2.07. The summed E-state index contributed by atoms with van der Waals surface area (Å²) in [6, 6.07) is 7.93. The van der Waals surface area contributed by atoms with Crippen molar-refractivity contribution in [2.75, 3.05) is 6.54 Å². The van der Waals surface area contributed by atoms with Crippen LogP contribution in [0.5, 0.6) is 0 Å². The molecule has 1 atom stereocenters. The van der Waals surface area contributed by atoms with Gasteiger partial charge >= 0.3 is 5.97 Å². The predicted octanol–water partition coefficient (Wildman–Crippen LogP) is -0.577. The van der Waals surface area contributed by atoms with Gasteiger partial charge in [0.2, 0.25) is 10.0 Å². The van der Waals surface area contributed by atoms with Crippen molar-refractivity contribution in [2.24, 2.45) is 0 Å². The van der Waals surface area contributed by atoms with E-state index in [0.29, 0.717) is 11.1 Å². The summed E-state index contributed by atoms with van der Waals surface area (Å²) >= 11 is 0. The first-order valence-corrected chi connectivity index (χ1v) is 6.86. The molecule has 0 heterocycles. The van der Waals surface area contributed by atoms with Crippen LogP contribution in [0.1, 0.15) is 11.1 Å². The molecule has 0 saturated heterocycles. The van der Waals surface area contributed by atoms with E-state index in [2.05, 4.69) is 0 Å². The number of aliphatic hydroxyl groups excluding tert-OH is 1. The largest absolute Gasteiger partial charge is 0.479 e. The number of nitrogens with one attached hydrogen (secondary N) is 1. The van der Waals surface area contributed by atoms with Crippen molar-refractivity contribution >= 4 is 16.0 Å². The van der Waals surface area contributed by atoms with Gasteiger partial charge in [0.25, 0.3) is 0 Å². The summed E-state index contributed by atoms with van der Waals surface area (Å²) in [5, 5.41) is 26.1. The molecular formula is C11H12N2O5S. The van der Waals surface area contributed by atoms with Gasteiger partial charge in [0.15, 0.2) is 6.10 Å². The SMILES string of the molecule is N#Cc1cccc(CS(=O)(=O)NCC(O)C(=O)O)c1. The number of aliphatic carboxylic acids is 1. The standard InChI is InChI=1S/C11H12N2O5S/c12-5-8-2-1-3-9(4-8)7-19(17,18)13-6-10(14)11(15)16/h1-4,10,13-14H,6-7H2,(H,15,16). The van der Waals surface area contributed by atoms with Gasteiger partial charge in [-0.05, 0) is 17.7 Å². The van der Waals surface area contributed by atoms with Gasteiger partial charge in [-0.3, -0.25) is 0 Å². The number of aliphatic hydroxyl groups is 1. The van der Waals surface area contributed by atoms with Crippen molar-refractivity contribution in [3.8, 4) is 6.07 Å². The van der Waals surface area contributed by atoms with Gasteiger partial charge in [-0.1, -0.05) is 12.1 Å². The fourth-order valence-electron chi connectivity index (χ4n) is 1.29. The minimum Gasteiger partial charge on any atom is -0.479 e. The maximum Gasteiger partial charge on any atom is 0.333 e. The lowest BCUT2D eigenvalue weighted by atomic mass is 10.2. The van der Waals surface area contributed by atoms with Crippen molar-refractivity contribution in [2.45, 2.75) is 11.9 Å². The van der Waals surface area contributed by atoms with E-state index in [1.165, 1.54) is 18.2 Å². The number of nitriles is 1. The summed E-state index contributed by atoms with van der Waals surface area (Å²) in [4.78, 5) is 10.3. The van der Waals surface area contributed by atoms with Crippen LogP contribution < -0.4 is 4.72 Å². The molecule has 0 spiro atoms. The van der Waals surface area contributed by atoms with Crippen molar-refractivity contribution in [1.29, 1.82) is 5.26 Å². The van der Waals surface area contributed by atoms with Gasteiger partial charge in [-0.15, -0.1) is 0 Å². The minimum absolute atomic E-state index is 0.332. The van der Waals surface area contributed by atoms with Crippen LogP contribution in [0, 0.1) is 11.3 Å². The zero-order valence-electron chi connectivity index (χ0n) is 9.78. The minimum atomic E-state index is -3.77. The molecule has 102 valence electrons. The Morgan fingerprint density at radius 3 is 2.74 bits per heavy atom. The van der Waals surface area contributed by atoms with Crippen LogP contribution >= 0.6 is 0 Å². The zero-order valence-corrected chi connectivity index (χ0v) is 10.6. The number of carboxylic acids is 1. The van der Waals surface area contributed by atoms with Gasteiger partial charge in [-0.25, -0.2) is 17.9 Å². The average Bonchev–Trinajstić information content (AvgIpc) is 2.35. The fourth-order valence-corrected chi connectivity index (χ4v) is 2.43. The van der Waals surface area contributed by atoms with Crippen LogP contribution in [0.25, 0.3) is 0 Å². The number of hydrogen-bond donors (Lipinski definition) is 3. The summed E-state index contributed by atoms with van der Waals surface area (Å²) in [6.07, 6.45) is -1.79. The first-order valence-electron chi connectivity index (χ1n) is 5.21. The van der Waals surface area contributed by atoms with Crippen LogP contribution in [-0.4, -0.2) is 37.2 Å². The smallest absolute Gasteiger partial charge is 0.333 e. The summed E-state index contributed by atoms with van der Waals surface area (Å²) in [5.41, 5.74) is 0.731. The molecule has 1 unspecified atom stereocenters. The second kappa shape index (κ2) is 6.29. The van der Waals surface area contributed by atoms with Crippen molar-refractivity contribution in [3.63, 3.8) is 0 Å². The molecule has 0 bridgehead atoms. The molecule has 1 rings (SSSR count). The molecule has 3 N–H and O–H groups in total. The second-order valence-corrected chi connectivity index (χ2v) is 5.58. The Morgan fingerprint density at radius 1 is 1.47 bits per heavy atom. The number of carboxylic acid groups (broad SMARTS) is 1. The molecule has 0 saturated carbocycles. The van der Waals surface area contributed by atoms with E-state index < -0.39 is 34.4 Å². The third-order valence-corrected chi connectivity index (χ3v) is 3.51. The normalized spacial score (nSPS) is 12.6. The molecule has 0 radical (unpaired) electrons. The van der Waals surface area contributed by atoms with Crippen molar-refractivity contribution < 1.29 is 23.4 Å². The lowest BCUT2D eigenvalue weighted by Gasteiger charge is -2.09. The predicted molar refractivity (Wildman–Crippen MR) is 65.4 cm³/mol. The molecule has 0 aromatic heterocycles. The number of rotatable bonds is 6. The van der Waals surface area contributed by atoms with E-state index in [1.54, 1.807) is 6.07 Å². The molecule has 19 heavy (non-hydrogen) atoms. The lowest BCUT2D eigenvalue weighted by molar-refractivity contribution is -0.146. The lowest BCUT2D eigenvalue weighted by Crippen LogP contribution is -2.37. The van der Waals surface area contributed by atoms with Gasteiger partial charge in [0.05, 0.1) is 17.4 Å².